The first-order chi connectivity index (χ1) is 10.3. The van der Waals surface area contributed by atoms with Crippen LogP contribution in [0, 0.1) is 0 Å². The molecule has 0 aliphatic carbocycles. The Morgan fingerprint density at radius 3 is 2.81 bits per heavy atom. The lowest BCUT2D eigenvalue weighted by Crippen LogP contribution is -2.45. The fourth-order valence-electron chi connectivity index (χ4n) is 3.08. The maximum absolute atomic E-state index is 4.45. The molecule has 2 aromatic rings. The second kappa shape index (κ2) is 6.41. The SMILES string of the molecule is CC(C)n1nccc1CN1CCNC[C@H]1c1ccccc1. The summed E-state index contributed by atoms with van der Waals surface area (Å²) in [5, 5.41) is 7.97. The number of aromatic nitrogens is 2. The molecule has 1 aromatic carbocycles. The van der Waals surface area contributed by atoms with E-state index in [2.05, 4.69) is 70.2 Å². The van der Waals surface area contributed by atoms with Crippen molar-refractivity contribution < 1.29 is 0 Å². The third-order valence-electron chi connectivity index (χ3n) is 4.15. The molecule has 21 heavy (non-hydrogen) atoms. The van der Waals surface area contributed by atoms with Crippen LogP contribution in [-0.2, 0) is 6.54 Å². The first-order valence-corrected chi connectivity index (χ1v) is 7.78. The normalized spacial score (nSPS) is 20.0. The molecule has 2 heterocycles. The van der Waals surface area contributed by atoms with Crippen LogP contribution in [0.2, 0.25) is 0 Å². The highest BCUT2D eigenvalue weighted by Crippen LogP contribution is 2.24. The Balaban J connectivity index is 1.80. The molecule has 1 aromatic heterocycles. The van der Waals surface area contributed by atoms with Crippen LogP contribution in [0.1, 0.15) is 37.2 Å². The topological polar surface area (TPSA) is 33.1 Å². The molecule has 3 rings (SSSR count). The average Bonchev–Trinajstić information content (AvgIpc) is 2.97. The zero-order chi connectivity index (χ0) is 14.7. The van der Waals surface area contributed by atoms with Crippen molar-refractivity contribution in [3.8, 4) is 0 Å². The summed E-state index contributed by atoms with van der Waals surface area (Å²) in [6.45, 7) is 8.47. The van der Waals surface area contributed by atoms with E-state index in [4.69, 9.17) is 0 Å². The predicted molar refractivity (Wildman–Crippen MR) is 85.1 cm³/mol. The van der Waals surface area contributed by atoms with Crippen LogP contribution in [0.3, 0.4) is 0 Å². The molecular weight excluding hydrogens is 260 g/mol. The minimum Gasteiger partial charge on any atom is -0.314 e. The highest BCUT2D eigenvalue weighted by molar-refractivity contribution is 5.20. The number of benzene rings is 1. The molecule has 0 spiro atoms. The van der Waals surface area contributed by atoms with E-state index in [1.54, 1.807) is 0 Å². The number of hydrogen-bond donors (Lipinski definition) is 1. The van der Waals surface area contributed by atoms with Gasteiger partial charge in [0.2, 0.25) is 0 Å². The summed E-state index contributed by atoms with van der Waals surface area (Å²) in [5.41, 5.74) is 2.69. The smallest absolute Gasteiger partial charge is 0.0527 e. The van der Waals surface area contributed by atoms with Crippen molar-refractivity contribution >= 4 is 0 Å². The fraction of sp³-hybridized carbons (Fsp3) is 0.471. The van der Waals surface area contributed by atoms with Crippen LogP contribution in [0.15, 0.2) is 42.6 Å². The molecule has 1 atom stereocenters. The summed E-state index contributed by atoms with van der Waals surface area (Å²) in [6, 6.07) is 13.8. The van der Waals surface area contributed by atoms with Crippen molar-refractivity contribution in [1.82, 2.24) is 20.0 Å². The van der Waals surface area contributed by atoms with Gasteiger partial charge in [0.15, 0.2) is 0 Å². The van der Waals surface area contributed by atoms with Crippen LogP contribution >= 0.6 is 0 Å². The zero-order valence-corrected chi connectivity index (χ0v) is 12.9. The van der Waals surface area contributed by atoms with Gasteiger partial charge in [-0.1, -0.05) is 30.3 Å². The predicted octanol–water partition coefficient (Wildman–Crippen LogP) is 2.61. The highest BCUT2D eigenvalue weighted by atomic mass is 15.3. The molecule has 1 N–H and O–H groups in total. The van der Waals surface area contributed by atoms with Gasteiger partial charge in [0.1, 0.15) is 0 Å². The van der Waals surface area contributed by atoms with E-state index in [-0.39, 0.29) is 0 Å². The molecule has 1 fully saturated rings. The minimum atomic E-state index is 0.410. The van der Waals surface area contributed by atoms with Gasteiger partial charge in [-0.25, -0.2) is 0 Å². The molecule has 1 aliphatic rings. The summed E-state index contributed by atoms with van der Waals surface area (Å²) in [4.78, 5) is 2.56. The molecule has 4 nitrogen and oxygen atoms in total. The number of nitrogens with one attached hydrogen (secondary N) is 1. The molecule has 4 heteroatoms. The lowest BCUT2D eigenvalue weighted by molar-refractivity contribution is 0.148. The van der Waals surface area contributed by atoms with Crippen molar-refractivity contribution in [2.75, 3.05) is 19.6 Å². The van der Waals surface area contributed by atoms with E-state index in [9.17, 15) is 0 Å². The third-order valence-corrected chi connectivity index (χ3v) is 4.15. The second-order valence-electron chi connectivity index (χ2n) is 5.96. The summed E-state index contributed by atoms with van der Waals surface area (Å²) < 4.78 is 2.13. The molecule has 0 radical (unpaired) electrons. The number of hydrogen-bond acceptors (Lipinski definition) is 3. The fourth-order valence-corrected chi connectivity index (χ4v) is 3.08. The first kappa shape index (κ1) is 14.3. The standard InChI is InChI=1S/C17H24N4/c1-14(2)21-16(8-9-19-21)13-20-11-10-18-12-17(20)15-6-4-3-5-7-15/h3-9,14,17-18H,10-13H2,1-2H3/t17-/m0/s1. The van der Waals surface area contributed by atoms with Gasteiger partial charge >= 0.3 is 0 Å². The summed E-state index contributed by atoms with van der Waals surface area (Å²) in [7, 11) is 0. The average molecular weight is 284 g/mol. The molecule has 1 aliphatic heterocycles. The van der Waals surface area contributed by atoms with E-state index >= 15 is 0 Å². The van der Waals surface area contributed by atoms with E-state index in [1.807, 2.05) is 6.20 Å². The van der Waals surface area contributed by atoms with Gasteiger partial charge in [-0.2, -0.15) is 5.10 Å². The second-order valence-corrected chi connectivity index (χ2v) is 5.96. The lowest BCUT2D eigenvalue weighted by atomic mass is 10.0. The summed E-state index contributed by atoms with van der Waals surface area (Å²) >= 11 is 0. The summed E-state index contributed by atoms with van der Waals surface area (Å²) in [6.07, 6.45) is 1.91. The van der Waals surface area contributed by atoms with Crippen molar-refractivity contribution in [3.05, 3.63) is 53.9 Å². The van der Waals surface area contributed by atoms with Crippen molar-refractivity contribution in [1.29, 1.82) is 0 Å². The molecule has 0 bridgehead atoms. The van der Waals surface area contributed by atoms with Crippen molar-refractivity contribution in [2.24, 2.45) is 0 Å². The number of nitrogens with zero attached hydrogens (tertiary/aromatic N) is 3. The van der Waals surface area contributed by atoms with Gasteiger partial charge in [-0.15, -0.1) is 0 Å². The first-order valence-electron chi connectivity index (χ1n) is 7.78. The summed E-state index contributed by atoms with van der Waals surface area (Å²) in [5.74, 6) is 0. The van der Waals surface area contributed by atoms with Gasteiger partial charge in [-0.3, -0.25) is 9.58 Å². The van der Waals surface area contributed by atoms with Crippen LogP contribution in [0.4, 0.5) is 0 Å². The Hall–Kier alpha value is -1.65. The lowest BCUT2D eigenvalue weighted by Gasteiger charge is -2.36. The van der Waals surface area contributed by atoms with Gasteiger partial charge < -0.3 is 5.32 Å². The quantitative estimate of drug-likeness (QED) is 0.937. The van der Waals surface area contributed by atoms with E-state index in [0.29, 0.717) is 12.1 Å². The number of piperazine rings is 1. The maximum atomic E-state index is 4.45. The molecule has 0 saturated carbocycles. The molecule has 0 amide bonds. The van der Waals surface area contributed by atoms with Gasteiger partial charge in [0.05, 0.1) is 5.69 Å². The van der Waals surface area contributed by atoms with Crippen LogP contribution in [0.5, 0.6) is 0 Å². The Morgan fingerprint density at radius 2 is 2.05 bits per heavy atom. The van der Waals surface area contributed by atoms with E-state index in [0.717, 1.165) is 26.2 Å². The maximum Gasteiger partial charge on any atom is 0.0527 e. The third kappa shape index (κ3) is 3.17. The van der Waals surface area contributed by atoms with E-state index in [1.165, 1.54) is 11.3 Å². The van der Waals surface area contributed by atoms with Gasteiger partial charge in [0, 0.05) is 44.5 Å². The molecule has 0 unspecified atom stereocenters. The van der Waals surface area contributed by atoms with Crippen LogP contribution in [0.25, 0.3) is 0 Å². The largest absolute Gasteiger partial charge is 0.314 e. The Kier molecular flexibility index (Phi) is 4.36. The highest BCUT2D eigenvalue weighted by Gasteiger charge is 2.24. The van der Waals surface area contributed by atoms with Gasteiger partial charge in [-0.05, 0) is 25.5 Å². The van der Waals surface area contributed by atoms with Crippen molar-refractivity contribution in [3.63, 3.8) is 0 Å². The Bertz CT molecular complexity index is 561. The van der Waals surface area contributed by atoms with Crippen molar-refractivity contribution in [2.45, 2.75) is 32.5 Å². The monoisotopic (exact) mass is 284 g/mol. The van der Waals surface area contributed by atoms with Gasteiger partial charge in [0.25, 0.3) is 0 Å². The minimum absolute atomic E-state index is 0.410. The Labute approximate surface area is 126 Å². The number of rotatable bonds is 4. The van der Waals surface area contributed by atoms with Crippen LogP contribution < -0.4 is 5.32 Å². The molecule has 1 saturated heterocycles. The van der Waals surface area contributed by atoms with Crippen LogP contribution in [-0.4, -0.2) is 34.3 Å². The van der Waals surface area contributed by atoms with E-state index < -0.39 is 0 Å². The molecule has 112 valence electrons. The Morgan fingerprint density at radius 1 is 1.24 bits per heavy atom. The molecular formula is C17H24N4. The zero-order valence-electron chi connectivity index (χ0n) is 12.9.